The molecule has 156 valence electrons. The Labute approximate surface area is 171 Å². The second-order valence-corrected chi connectivity index (χ2v) is 7.14. The largest absolute Gasteiger partial charge is 0.508 e. The summed E-state index contributed by atoms with van der Waals surface area (Å²) >= 11 is 0. The zero-order valence-corrected chi connectivity index (χ0v) is 16.5. The molecule has 3 aromatic rings. The summed E-state index contributed by atoms with van der Waals surface area (Å²) in [7, 11) is 0. The van der Waals surface area contributed by atoms with Crippen molar-refractivity contribution in [2.24, 2.45) is 5.92 Å². The van der Waals surface area contributed by atoms with E-state index in [0.717, 1.165) is 6.07 Å². The van der Waals surface area contributed by atoms with Crippen molar-refractivity contribution in [3.63, 3.8) is 0 Å². The maximum Gasteiger partial charge on any atom is 0.308 e. The maximum atomic E-state index is 13.6. The van der Waals surface area contributed by atoms with Gasteiger partial charge in [0.05, 0.1) is 17.9 Å². The molecule has 0 radical (unpaired) electrons. The van der Waals surface area contributed by atoms with Crippen LogP contribution in [0.5, 0.6) is 5.75 Å². The van der Waals surface area contributed by atoms with Crippen LogP contribution in [0, 0.1) is 18.7 Å². The minimum Gasteiger partial charge on any atom is -0.508 e. The Balaban J connectivity index is 2.00. The number of aliphatic carboxylic acids is 1. The lowest BCUT2D eigenvalue weighted by molar-refractivity contribution is -0.141. The van der Waals surface area contributed by atoms with Gasteiger partial charge in [0, 0.05) is 23.2 Å². The summed E-state index contributed by atoms with van der Waals surface area (Å²) in [4.78, 5) is 36.4. The van der Waals surface area contributed by atoms with Crippen molar-refractivity contribution in [2.45, 2.75) is 20.3 Å². The molecule has 0 spiro atoms. The first-order valence-electron chi connectivity index (χ1n) is 9.31. The van der Waals surface area contributed by atoms with Crippen molar-refractivity contribution in [2.75, 3.05) is 6.54 Å². The number of phenols is 1. The molecule has 2 aromatic carbocycles. The van der Waals surface area contributed by atoms with Gasteiger partial charge in [-0.1, -0.05) is 13.0 Å². The molecule has 3 rings (SSSR count). The third-order valence-corrected chi connectivity index (χ3v) is 4.96. The van der Waals surface area contributed by atoms with E-state index in [1.54, 1.807) is 13.0 Å². The number of aromatic hydroxyl groups is 1. The van der Waals surface area contributed by atoms with Gasteiger partial charge in [0.25, 0.3) is 5.91 Å². The molecule has 0 saturated heterocycles. The molecule has 8 heteroatoms. The van der Waals surface area contributed by atoms with Gasteiger partial charge >= 0.3 is 5.97 Å². The number of benzene rings is 2. The monoisotopic (exact) mass is 412 g/mol. The van der Waals surface area contributed by atoms with Crippen LogP contribution in [-0.2, 0) is 16.0 Å². The van der Waals surface area contributed by atoms with E-state index < -0.39 is 29.5 Å². The lowest BCUT2D eigenvalue weighted by atomic mass is 10.1. The molecular formula is C22H21FN2O5. The molecule has 0 aliphatic carbocycles. The summed E-state index contributed by atoms with van der Waals surface area (Å²) in [6, 6.07) is 9.75. The molecule has 0 saturated carbocycles. The third-order valence-electron chi connectivity index (χ3n) is 4.96. The minimum atomic E-state index is -1.02. The number of carbonyl (C=O) groups excluding carboxylic acids is 2. The number of halogens is 1. The van der Waals surface area contributed by atoms with Gasteiger partial charge in [-0.3, -0.25) is 19.0 Å². The normalized spacial score (nSPS) is 12.0. The van der Waals surface area contributed by atoms with Crippen LogP contribution in [0.3, 0.4) is 0 Å². The summed E-state index contributed by atoms with van der Waals surface area (Å²) in [5, 5.41) is 21.9. The van der Waals surface area contributed by atoms with Gasteiger partial charge in [0.15, 0.2) is 0 Å². The molecule has 1 heterocycles. The fourth-order valence-electron chi connectivity index (χ4n) is 3.28. The van der Waals surface area contributed by atoms with Crippen molar-refractivity contribution in [1.29, 1.82) is 0 Å². The molecule has 7 nitrogen and oxygen atoms in total. The molecule has 1 aromatic heterocycles. The SMILES string of the molecule is Cc1c(CC(=O)NCC(C)C(=O)O)c2cc(O)ccc2n1C(=O)c1cccc(F)c1. The average molecular weight is 412 g/mol. The van der Waals surface area contributed by atoms with E-state index >= 15 is 0 Å². The zero-order valence-electron chi connectivity index (χ0n) is 16.5. The maximum absolute atomic E-state index is 13.6. The number of nitrogens with zero attached hydrogens (tertiary/aromatic N) is 1. The van der Waals surface area contributed by atoms with Crippen molar-refractivity contribution in [1.82, 2.24) is 9.88 Å². The van der Waals surface area contributed by atoms with Crippen LogP contribution in [0.1, 0.15) is 28.5 Å². The molecule has 30 heavy (non-hydrogen) atoms. The Bertz CT molecular complexity index is 1150. The topological polar surface area (TPSA) is 109 Å². The summed E-state index contributed by atoms with van der Waals surface area (Å²) in [5.41, 5.74) is 1.62. The lowest BCUT2D eigenvalue weighted by Crippen LogP contribution is -2.32. The van der Waals surface area contributed by atoms with Crippen LogP contribution < -0.4 is 5.32 Å². The molecular weight excluding hydrogens is 391 g/mol. The van der Waals surface area contributed by atoms with Crippen molar-refractivity contribution < 1.29 is 29.0 Å². The number of phenolic OH excluding ortho intramolecular Hbond substituents is 1. The van der Waals surface area contributed by atoms with E-state index in [4.69, 9.17) is 5.11 Å². The molecule has 0 aliphatic heterocycles. The second kappa shape index (κ2) is 8.36. The predicted octanol–water partition coefficient (Wildman–Crippen LogP) is 2.86. The van der Waals surface area contributed by atoms with Crippen molar-refractivity contribution in [3.05, 3.63) is 65.1 Å². The molecule has 0 bridgehead atoms. The first-order chi connectivity index (χ1) is 14.2. The van der Waals surface area contributed by atoms with Crippen LogP contribution in [0.2, 0.25) is 0 Å². The van der Waals surface area contributed by atoms with Crippen LogP contribution in [0.25, 0.3) is 10.9 Å². The standard InChI is InChI=1S/C22H21FN2O5/c1-12(22(29)30)11-24-20(27)10-17-13(2)25(19-7-6-16(26)9-18(17)19)21(28)14-4-3-5-15(23)8-14/h3-9,12,26H,10-11H2,1-2H3,(H,24,27)(H,29,30). The van der Waals surface area contributed by atoms with Gasteiger partial charge in [0.2, 0.25) is 5.91 Å². The van der Waals surface area contributed by atoms with E-state index in [2.05, 4.69) is 5.32 Å². The van der Waals surface area contributed by atoms with Gasteiger partial charge in [0.1, 0.15) is 11.6 Å². The fraction of sp³-hybridized carbons (Fsp3) is 0.227. The van der Waals surface area contributed by atoms with E-state index in [0.29, 0.717) is 22.2 Å². The fourth-order valence-corrected chi connectivity index (χ4v) is 3.28. The number of fused-ring (bicyclic) bond motifs is 1. The summed E-state index contributed by atoms with van der Waals surface area (Å²) in [5.74, 6) is -3.21. The number of amides is 1. The Morgan fingerprint density at radius 1 is 1.17 bits per heavy atom. The van der Waals surface area contributed by atoms with Crippen LogP contribution >= 0.6 is 0 Å². The van der Waals surface area contributed by atoms with E-state index in [-0.39, 0.29) is 24.3 Å². The van der Waals surface area contributed by atoms with E-state index in [1.807, 2.05) is 0 Å². The van der Waals surface area contributed by atoms with Crippen molar-refractivity contribution >= 4 is 28.7 Å². The Kier molecular flexibility index (Phi) is 5.86. The quantitative estimate of drug-likeness (QED) is 0.577. The molecule has 1 amide bonds. The molecule has 0 fully saturated rings. The Morgan fingerprint density at radius 2 is 1.90 bits per heavy atom. The summed E-state index contributed by atoms with van der Waals surface area (Å²) in [6.07, 6.45) is -0.110. The first-order valence-corrected chi connectivity index (χ1v) is 9.31. The number of carboxylic acids is 1. The second-order valence-electron chi connectivity index (χ2n) is 7.14. The van der Waals surface area contributed by atoms with Gasteiger partial charge in [-0.05, 0) is 48.9 Å². The smallest absolute Gasteiger partial charge is 0.308 e. The first kappa shape index (κ1) is 21.0. The lowest BCUT2D eigenvalue weighted by Gasteiger charge is -2.09. The summed E-state index contributed by atoms with van der Waals surface area (Å²) in [6.45, 7) is 3.12. The number of carbonyl (C=O) groups is 3. The number of rotatable bonds is 6. The van der Waals surface area contributed by atoms with Gasteiger partial charge in [-0.25, -0.2) is 4.39 Å². The van der Waals surface area contributed by atoms with Crippen LogP contribution in [0.15, 0.2) is 42.5 Å². The number of hydrogen-bond acceptors (Lipinski definition) is 4. The molecule has 1 unspecified atom stereocenters. The average Bonchev–Trinajstić information content (AvgIpc) is 2.96. The van der Waals surface area contributed by atoms with Gasteiger partial charge < -0.3 is 15.5 Å². The minimum absolute atomic E-state index is 0.0284. The highest BCUT2D eigenvalue weighted by molar-refractivity contribution is 6.05. The predicted molar refractivity (Wildman–Crippen MR) is 108 cm³/mol. The van der Waals surface area contributed by atoms with Crippen LogP contribution in [-0.4, -0.2) is 39.1 Å². The number of nitrogens with one attached hydrogen (secondary N) is 1. The van der Waals surface area contributed by atoms with E-state index in [1.165, 1.54) is 41.8 Å². The molecule has 0 aliphatic rings. The Hall–Kier alpha value is -3.68. The summed E-state index contributed by atoms with van der Waals surface area (Å²) < 4.78 is 15.0. The van der Waals surface area contributed by atoms with Crippen molar-refractivity contribution in [3.8, 4) is 5.75 Å². The highest BCUT2D eigenvalue weighted by atomic mass is 19.1. The zero-order chi connectivity index (χ0) is 22.0. The number of aromatic nitrogens is 1. The molecule has 1 atom stereocenters. The van der Waals surface area contributed by atoms with E-state index in [9.17, 15) is 23.9 Å². The third kappa shape index (κ3) is 4.17. The van der Waals surface area contributed by atoms with Gasteiger partial charge in [-0.2, -0.15) is 0 Å². The Morgan fingerprint density at radius 3 is 2.57 bits per heavy atom. The number of carboxylic acid groups (broad SMARTS) is 1. The highest BCUT2D eigenvalue weighted by Crippen LogP contribution is 2.30. The molecule has 3 N–H and O–H groups in total. The highest BCUT2D eigenvalue weighted by Gasteiger charge is 2.22. The number of hydrogen-bond donors (Lipinski definition) is 3. The van der Waals surface area contributed by atoms with Crippen LogP contribution in [0.4, 0.5) is 4.39 Å². The van der Waals surface area contributed by atoms with Gasteiger partial charge in [-0.15, -0.1) is 0 Å².